The van der Waals surface area contributed by atoms with Crippen molar-refractivity contribution < 1.29 is 60.0 Å². The first kappa shape index (κ1) is 63.3. The maximum Gasteiger partial charge on any atom is 0.323 e. The number of likely N-dealkylation sites (N-methyl/N-ethyl adjacent to an activating group) is 4. The molecule has 0 spiro atoms. The molecule has 0 fully saturated rings. The van der Waals surface area contributed by atoms with Gasteiger partial charge in [-0.1, -0.05) is 0 Å². The lowest BCUT2D eigenvalue weighted by atomic mass is 10.5. The van der Waals surface area contributed by atoms with E-state index >= 15 is 0 Å². The monoisotopic (exact) mass is 928 g/mol. The van der Waals surface area contributed by atoms with E-state index in [1.54, 1.807) is 64.0 Å². The molecule has 340 valence electrons. The first-order valence-corrected chi connectivity index (χ1v) is 18.4. The molecular weight excluding hydrogens is 865 g/mol. The Hall–Kier alpha value is -3.83. The van der Waals surface area contributed by atoms with E-state index in [9.17, 15) is 19.2 Å². The number of aliphatic carboxylic acids is 4. The molecule has 0 aromatic rings. The summed E-state index contributed by atoms with van der Waals surface area (Å²) in [5.74, 6) is -4.10. The molecule has 0 saturated heterocycles. The van der Waals surface area contributed by atoms with Crippen molar-refractivity contribution in [3.8, 4) is 0 Å². The summed E-state index contributed by atoms with van der Waals surface area (Å²) < 4.78 is 0. The fourth-order valence-electron chi connectivity index (χ4n) is 3.36. The maximum atomic E-state index is 10.4. The Morgan fingerprint density at radius 2 is 0.586 bits per heavy atom. The second-order valence-corrected chi connectivity index (χ2v) is 14.6. The summed E-state index contributed by atoms with van der Waals surface area (Å²) in [4.78, 5) is 57.0. The number of carbonyl (C=O) groups is 4. The summed E-state index contributed by atoms with van der Waals surface area (Å²) in [6.45, 7) is -1.02. The summed E-state index contributed by atoms with van der Waals surface area (Å²) in [5.41, 5.74) is 0. The zero-order valence-corrected chi connectivity index (χ0v) is 39.7. The van der Waals surface area contributed by atoms with Crippen LogP contribution in [0, 0.1) is 0 Å². The van der Waals surface area contributed by atoms with Crippen LogP contribution in [0.15, 0.2) is 0 Å². The van der Waals surface area contributed by atoms with Crippen LogP contribution in [0.25, 0.3) is 0 Å². The predicted molar refractivity (Wildman–Crippen MR) is 241 cm³/mol. The second-order valence-electron chi connectivity index (χ2n) is 12.8. The summed E-state index contributed by atoms with van der Waals surface area (Å²) in [7, 11) is 24.6. The molecule has 0 aromatic heterocycles. The topological polar surface area (TPSA) is 263 Å². The molecule has 0 radical (unpaired) electrons. The van der Waals surface area contributed by atoms with E-state index in [0.717, 1.165) is 10.0 Å². The minimum atomic E-state index is -1.49. The lowest BCUT2D eigenvalue weighted by Gasteiger charge is -2.27. The number of rotatable bonds is 12. The number of nitrogens with zero attached hydrogens (tertiary/aromatic N) is 10. The van der Waals surface area contributed by atoms with Gasteiger partial charge in [0, 0.05) is 98.7 Å². The van der Waals surface area contributed by atoms with Gasteiger partial charge >= 0.3 is 23.9 Å². The van der Waals surface area contributed by atoms with Crippen molar-refractivity contribution in [2.75, 3.05) is 138 Å². The summed E-state index contributed by atoms with van der Waals surface area (Å²) in [6.07, 6.45) is -2.82. The largest absolute Gasteiger partial charge is 0.480 e. The van der Waals surface area contributed by atoms with E-state index in [1.807, 2.05) is 52.1 Å². The van der Waals surface area contributed by atoms with Gasteiger partial charge in [0.15, 0.2) is 38.1 Å². The van der Waals surface area contributed by atoms with Gasteiger partial charge in [-0.15, -0.1) is 0 Å². The number of aliphatic hydroxyl groups excluding tert-OH is 2. The van der Waals surface area contributed by atoms with Gasteiger partial charge in [-0.05, 0) is 61.1 Å². The van der Waals surface area contributed by atoms with E-state index in [0.29, 0.717) is 10.2 Å². The summed E-state index contributed by atoms with van der Waals surface area (Å²) in [6, 6.07) is 0. The zero-order valence-electron chi connectivity index (χ0n) is 35.6. The molecular formula is C31H64N10O12S5. The number of aliphatic hydroxyl groups is 4. The highest BCUT2D eigenvalue weighted by Crippen LogP contribution is 1.97. The van der Waals surface area contributed by atoms with E-state index in [-0.39, 0.29) is 36.4 Å². The molecule has 0 amide bonds. The van der Waals surface area contributed by atoms with Crippen molar-refractivity contribution >= 4 is 111 Å². The highest BCUT2D eigenvalue weighted by molar-refractivity contribution is 7.80. The van der Waals surface area contributed by atoms with Crippen LogP contribution in [-0.4, -0.2) is 290 Å². The van der Waals surface area contributed by atoms with Gasteiger partial charge in [0.1, 0.15) is 26.2 Å². The Kier molecular flexibility index (Phi) is 37.2. The van der Waals surface area contributed by atoms with Crippen LogP contribution in [0.4, 0.5) is 0 Å². The predicted octanol–water partition coefficient (Wildman–Crippen LogP) is -2.85. The van der Waals surface area contributed by atoms with Crippen molar-refractivity contribution in [2.24, 2.45) is 0 Å². The van der Waals surface area contributed by atoms with Crippen molar-refractivity contribution in [3.05, 3.63) is 0 Å². The van der Waals surface area contributed by atoms with Crippen molar-refractivity contribution in [1.82, 2.24) is 49.0 Å². The molecule has 0 saturated carbocycles. The van der Waals surface area contributed by atoms with Gasteiger partial charge in [0.2, 0.25) is 0 Å². The Bertz CT molecular complexity index is 1290. The highest BCUT2D eigenvalue weighted by atomic mass is 32.1. The summed E-state index contributed by atoms with van der Waals surface area (Å²) >= 11 is 24.6. The third kappa shape index (κ3) is 37.7. The Morgan fingerprint density at radius 3 is 0.793 bits per heavy atom. The van der Waals surface area contributed by atoms with E-state index < -0.39 is 49.5 Å². The summed E-state index contributed by atoms with van der Waals surface area (Å²) in [5, 5.41) is 70.8. The number of carboxylic acid groups (broad SMARTS) is 4. The fraction of sp³-hybridized carbons (Fsp3) is 0.710. The van der Waals surface area contributed by atoms with Gasteiger partial charge in [-0.3, -0.25) is 19.2 Å². The average Bonchev–Trinajstić information content (AvgIpc) is 3.05. The zero-order chi connectivity index (χ0) is 47.4. The lowest BCUT2D eigenvalue weighted by Crippen LogP contribution is -2.44. The average molecular weight is 929 g/mol. The number of hydrogen-bond donors (Lipinski definition) is 8. The molecule has 8 N–H and O–H groups in total. The first-order chi connectivity index (χ1) is 26.1. The molecule has 58 heavy (non-hydrogen) atoms. The van der Waals surface area contributed by atoms with Crippen LogP contribution in [0.2, 0.25) is 0 Å². The molecule has 0 aromatic carbocycles. The Balaban J connectivity index is -0.000000204. The standard InChI is InChI=1S/C7H14N2O4S.C7H12N2O4S.C6H14N2O2S.C6H12N2O2S.C5H12N2S/c1-8(3-5(10)11)7(14)9(2)4-6(12)13;1-8(2)7(14)9(3-5(10)11)4-6(12)13;2*1-7(2)6(11)8(3)4-5(9)10;1-6(2)5(8)7(3)4/h5,10-11H,3-4H2,1-2H3,(H,12,13);3-4H2,1-2H3,(H,10,11)(H,12,13);5,9-10H,4H2,1-3H3;4H2,1-3H3,(H,9,10);1-4H3. The number of carboxylic acids is 4. The van der Waals surface area contributed by atoms with Crippen molar-refractivity contribution in [3.63, 3.8) is 0 Å². The Morgan fingerprint density at radius 1 is 0.362 bits per heavy atom. The van der Waals surface area contributed by atoms with Gasteiger partial charge in [0.05, 0.1) is 13.1 Å². The number of thiocarbonyl (C=S) groups is 5. The smallest absolute Gasteiger partial charge is 0.323 e. The third-order valence-corrected chi connectivity index (χ3v) is 9.09. The van der Waals surface area contributed by atoms with Crippen LogP contribution in [-0.2, 0) is 19.2 Å². The van der Waals surface area contributed by atoms with Crippen molar-refractivity contribution in [1.29, 1.82) is 0 Å². The molecule has 27 heteroatoms. The first-order valence-electron chi connectivity index (χ1n) is 16.4. The number of hydrogen-bond acceptors (Lipinski definition) is 13. The minimum Gasteiger partial charge on any atom is -0.480 e. The molecule has 22 nitrogen and oxygen atoms in total. The Labute approximate surface area is 368 Å². The van der Waals surface area contributed by atoms with E-state index in [1.165, 1.54) is 26.6 Å². The van der Waals surface area contributed by atoms with Gasteiger partial charge in [-0.2, -0.15) is 0 Å². The lowest BCUT2D eigenvalue weighted by molar-refractivity contribution is -0.141. The molecule has 0 aliphatic heterocycles. The molecule has 0 unspecified atom stereocenters. The van der Waals surface area contributed by atoms with Crippen LogP contribution < -0.4 is 0 Å². The molecule has 0 rings (SSSR count). The van der Waals surface area contributed by atoms with Crippen LogP contribution in [0.1, 0.15) is 0 Å². The molecule has 0 heterocycles. The normalized spacial score (nSPS) is 9.45. The fourth-order valence-corrected chi connectivity index (χ4v) is 3.77. The van der Waals surface area contributed by atoms with Gasteiger partial charge < -0.3 is 89.9 Å². The van der Waals surface area contributed by atoms with E-state index in [2.05, 4.69) is 0 Å². The van der Waals surface area contributed by atoms with Crippen LogP contribution in [0.5, 0.6) is 0 Å². The molecule has 0 aliphatic carbocycles. The molecule has 0 atom stereocenters. The molecule has 0 aliphatic rings. The van der Waals surface area contributed by atoms with Crippen LogP contribution in [0.3, 0.4) is 0 Å². The quantitative estimate of drug-likeness (QED) is 0.0724. The van der Waals surface area contributed by atoms with E-state index in [4.69, 9.17) is 102 Å². The van der Waals surface area contributed by atoms with Gasteiger partial charge in [0.25, 0.3) is 0 Å². The second kappa shape index (κ2) is 34.1. The minimum absolute atomic E-state index is 0.0528. The SMILES string of the molecule is CN(C)C(=S)N(C)C.CN(C)C(=S)N(C)CC(=O)O.CN(C)C(=S)N(C)CC(O)O.CN(C)C(=S)N(CC(=O)O)CC(=O)O.CN(CC(=O)O)C(=S)N(C)CC(O)O. The van der Waals surface area contributed by atoms with Crippen molar-refractivity contribution in [2.45, 2.75) is 12.6 Å². The third-order valence-electron chi connectivity index (χ3n) is 5.76. The van der Waals surface area contributed by atoms with Gasteiger partial charge in [-0.25, -0.2) is 0 Å². The highest BCUT2D eigenvalue weighted by Gasteiger charge is 2.18. The molecule has 0 bridgehead atoms. The maximum absolute atomic E-state index is 10.4. The van der Waals surface area contributed by atoms with Crippen LogP contribution >= 0.6 is 61.1 Å².